The SMILES string of the molecule is CC1CCCCN1Cc1ccccc1B(O)O. The minimum absolute atomic E-state index is 0.590. The van der Waals surface area contributed by atoms with Gasteiger partial charge in [-0.15, -0.1) is 0 Å². The molecule has 2 rings (SSSR count). The summed E-state index contributed by atoms with van der Waals surface area (Å²) in [6, 6.07) is 8.16. The van der Waals surface area contributed by atoms with Gasteiger partial charge < -0.3 is 10.0 Å². The lowest BCUT2D eigenvalue weighted by Crippen LogP contribution is -2.40. The van der Waals surface area contributed by atoms with Crippen LogP contribution in [0.2, 0.25) is 0 Å². The Balaban J connectivity index is 2.12. The number of rotatable bonds is 3. The van der Waals surface area contributed by atoms with Crippen LogP contribution in [-0.4, -0.2) is 34.7 Å². The van der Waals surface area contributed by atoms with Crippen LogP contribution in [0.5, 0.6) is 0 Å². The molecular weight excluding hydrogens is 213 g/mol. The van der Waals surface area contributed by atoms with Crippen LogP contribution in [0.15, 0.2) is 24.3 Å². The van der Waals surface area contributed by atoms with E-state index in [0.717, 1.165) is 18.7 Å². The van der Waals surface area contributed by atoms with Gasteiger partial charge in [0.2, 0.25) is 0 Å². The Morgan fingerprint density at radius 2 is 2.06 bits per heavy atom. The minimum Gasteiger partial charge on any atom is -0.423 e. The number of nitrogens with zero attached hydrogens (tertiary/aromatic N) is 1. The second-order valence-electron chi connectivity index (χ2n) is 4.89. The maximum absolute atomic E-state index is 9.34. The van der Waals surface area contributed by atoms with Gasteiger partial charge in [-0.1, -0.05) is 30.7 Å². The maximum atomic E-state index is 9.34. The van der Waals surface area contributed by atoms with Gasteiger partial charge in [0.1, 0.15) is 0 Å². The highest BCUT2D eigenvalue weighted by Crippen LogP contribution is 2.18. The fourth-order valence-corrected chi connectivity index (χ4v) is 2.54. The van der Waals surface area contributed by atoms with E-state index in [0.29, 0.717) is 11.5 Å². The molecule has 0 bridgehead atoms. The molecule has 0 radical (unpaired) electrons. The van der Waals surface area contributed by atoms with Crippen LogP contribution in [0.25, 0.3) is 0 Å². The second kappa shape index (κ2) is 5.67. The average molecular weight is 233 g/mol. The van der Waals surface area contributed by atoms with Crippen LogP contribution < -0.4 is 5.46 Å². The van der Waals surface area contributed by atoms with Crippen LogP contribution in [0, 0.1) is 0 Å². The molecule has 92 valence electrons. The van der Waals surface area contributed by atoms with Gasteiger partial charge in [0.15, 0.2) is 0 Å². The van der Waals surface area contributed by atoms with E-state index in [-0.39, 0.29) is 0 Å². The van der Waals surface area contributed by atoms with Crippen molar-refractivity contribution in [1.82, 2.24) is 4.90 Å². The molecule has 4 heteroatoms. The quantitative estimate of drug-likeness (QED) is 0.757. The fourth-order valence-electron chi connectivity index (χ4n) is 2.54. The Labute approximate surface area is 103 Å². The van der Waals surface area contributed by atoms with E-state index in [4.69, 9.17) is 0 Å². The van der Waals surface area contributed by atoms with Crippen molar-refractivity contribution < 1.29 is 10.0 Å². The van der Waals surface area contributed by atoms with Crippen LogP contribution in [0.3, 0.4) is 0 Å². The monoisotopic (exact) mass is 233 g/mol. The van der Waals surface area contributed by atoms with E-state index < -0.39 is 7.12 Å². The standard InChI is InChI=1S/C13H20BNO2/c1-11-6-4-5-9-15(11)10-12-7-2-3-8-13(12)14(16)17/h2-3,7-8,11,16-17H,4-6,9-10H2,1H3. The molecule has 1 unspecified atom stereocenters. The highest BCUT2D eigenvalue weighted by Gasteiger charge is 2.21. The number of benzene rings is 1. The third-order valence-corrected chi connectivity index (χ3v) is 3.65. The molecule has 3 nitrogen and oxygen atoms in total. The predicted octanol–water partition coefficient (Wildman–Crippen LogP) is 0.741. The Hall–Kier alpha value is -0.835. The van der Waals surface area contributed by atoms with Gasteiger partial charge >= 0.3 is 7.12 Å². The Kier molecular flexibility index (Phi) is 4.21. The summed E-state index contributed by atoms with van der Waals surface area (Å²) in [5.74, 6) is 0. The van der Waals surface area contributed by atoms with Crippen molar-refractivity contribution in [3.8, 4) is 0 Å². The molecule has 2 N–H and O–H groups in total. The lowest BCUT2D eigenvalue weighted by atomic mass is 9.77. The summed E-state index contributed by atoms with van der Waals surface area (Å²) in [5.41, 5.74) is 1.65. The molecule has 1 fully saturated rings. The maximum Gasteiger partial charge on any atom is 0.488 e. The van der Waals surface area contributed by atoms with Crippen molar-refractivity contribution in [2.45, 2.75) is 38.8 Å². The molecule has 1 heterocycles. The first-order chi connectivity index (χ1) is 8.18. The molecule has 0 saturated carbocycles. The number of hydrogen-bond acceptors (Lipinski definition) is 3. The van der Waals surface area contributed by atoms with Gasteiger partial charge in [-0.3, -0.25) is 4.90 Å². The van der Waals surface area contributed by atoms with Crippen LogP contribution in [0.1, 0.15) is 31.7 Å². The van der Waals surface area contributed by atoms with Gasteiger partial charge in [0, 0.05) is 12.6 Å². The summed E-state index contributed by atoms with van der Waals surface area (Å²) < 4.78 is 0. The van der Waals surface area contributed by atoms with E-state index in [1.807, 2.05) is 18.2 Å². The third-order valence-electron chi connectivity index (χ3n) is 3.65. The first-order valence-electron chi connectivity index (χ1n) is 6.36. The summed E-state index contributed by atoms with van der Waals surface area (Å²) in [5, 5.41) is 18.7. The topological polar surface area (TPSA) is 43.7 Å². The van der Waals surface area contributed by atoms with Crippen molar-refractivity contribution in [3.05, 3.63) is 29.8 Å². The number of hydrogen-bond donors (Lipinski definition) is 2. The Bertz CT molecular complexity index is 370. The second-order valence-corrected chi connectivity index (χ2v) is 4.89. The molecule has 1 aromatic carbocycles. The van der Waals surface area contributed by atoms with Gasteiger partial charge in [0.05, 0.1) is 0 Å². The smallest absolute Gasteiger partial charge is 0.423 e. The van der Waals surface area contributed by atoms with Crippen molar-refractivity contribution >= 4 is 12.6 Å². The van der Waals surface area contributed by atoms with E-state index >= 15 is 0 Å². The van der Waals surface area contributed by atoms with E-state index in [1.54, 1.807) is 6.07 Å². The third kappa shape index (κ3) is 3.09. The predicted molar refractivity (Wildman–Crippen MR) is 70.0 cm³/mol. The molecular formula is C13H20BNO2. The average Bonchev–Trinajstić information content (AvgIpc) is 2.32. The van der Waals surface area contributed by atoms with Gasteiger partial charge in [0.25, 0.3) is 0 Å². The van der Waals surface area contributed by atoms with E-state index in [2.05, 4.69) is 11.8 Å². The van der Waals surface area contributed by atoms with Crippen LogP contribution in [0.4, 0.5) is 0 Å². The summed E-state index contributed by atoms with van der Waals surface area (Å²) in [6.45, 7) is 4.17. The zero-order valence-electron chi connectivity index (χ0n) is 10.3. The number of likely N-dealkylation sites (tertiary alicyclic amines) is 1. The number of piperidine rings is 1. The largest absolute Gasteiger partial charge is 0.488 e. The molecule has 1 aliphatic heterocycles. The molecule has 1 aromatic rings. The first-order valence-corrected chi connectivity index (χ1v) is 6.36. The van der Waals surface area contributed by atoms with E-state index in [9.17, 15) is 10.0 Å². The molecule has 1 atom stereocenters. The van der Waals surface area contributed by atoms with Gasteiger partial charge in [-0.2, -0.15) is 0 Å². The van der Waals surface area contributed by atoms with Crippen molar-refractivity contribution in [2.24, 2.45) is 0 Å². The van der Waals surface area contributed by atoms with Gasteiger partial charge in [-0.25, -0.2) is 0 Å². The molecule has 1 aliphatic rings. The van der Waals surface area contributed by atoms with Crippen LogP contribution >= 0.6 is 0 Å². The molecule has 0 aliphatic carbocycles. The fraction of sp³-hybridized carbons (Fsp3) is 0.538. The van der Waals surface area contributed by atoms with Gasteiger partial charge in [-0.05, 0) is 37.3 Å². The van der Waals surface area contributed by atoms with Crippen LogP contribution in [-0.2, 0) is 6.54 Å². The van der Waals surface area contributed by atoms with Crippen molar-refractivity contribution in [3.63, 3.8) is 0 Å². The normalized spacial score (nSPS) is 21.5. The molecule has 1 saturated heterocycles. The lowest BCUT2D eigenvalue weighted by molar-refractivity contribution is 0.153. The molecule has 0 aromatic heterocycles. The summed E-state index contributed by atoms with van der Waals surface area (Å²) in [7, 11) is -1.37. The molecule has 0 spiro atoms. The summed E-state index contributed by atoms with van der Waals surface area (Å²) in [4.78, 5) is 2.42. The molecule has 17 heavy (non-hydrogen) atoms. The minimum atomic E-state index is -1.37. The van der Waals surface area contributed by atoms with Crippen molar-refractivity contribution in [2.75, 3.05) is 6.54 Å². The highest BCUT2D eigenvalue weighted by molar-refractivity contribution is 6.59. The zero-order chi connectivity index (χ0) is 12.3. The molecule has 0 amide bonds. The highest BCUT2D eigenvalue weighted by atomic mass is 16.4. The lowest BCUT2D eigenvalue weighted by Gasteiger charge is -2.33. The Morgan fingerprint density at radius 1 is 1.29 bits per heavy atom. The summed E-state index contributed by atoms with van der Waals surface area (Å²) in [6.07, 6.45) is 3.79. The van der Waals surface area contributed by atoms with Crippen molar-refractivity contribution in [1.29, 1.82) is 0 Å². The summed E-state index contributed by atoms with van der Waals surface area (Å²) >= 11 is 0. The first kappa shape index (κ1) is 12.6. The Morgan fingerprint density at radius 3 is 2.76 bits per heavy atom. The zero-order valence-corrected chi connectivity index (χ0v) is 10.3. The van der Waals surface area contributed by atoms with E-state index in [1.165, 1.54) is 19.3 Å².